The first-order chi connectivity index (χ1) is 5.88. The zero-order valence-corrected chi connectivity index (χ0v) is 7.75. The molecule has 0 radical (unpaired) electrons. The van der Waals surface area contributed by atoms with Gasteiger partial charge in [-0.15, -0.1) is 0 Å². The van der Waals surface area contributed by atoms with Gasteiger partial charge in [-0.25, -0.2) is 5.90 Å². The van der Waals surface area contributed by atoms with Crippen molar-refractivity contribution in [1.82, 2.24) is 10.2 Å². The Labute approximate surface area is 74.0 Å². The lowest BCUT2D eigenvalue weighted by atomic mass is 10.2. The topological polar surface area (TPSA) is 50.5 Å². The van der Waals surface area contributed by atoms with Gasteiger partial charge in [0.05, 0.1) is 0 Å². The third kappa shape index (κ3) is 2.71. The minimum absolute atomic E-state index is 0.122. The summed E-state index contributed by atoms with van der Waals surface area (Å²) in [6.07, 6.45) is 2.26. The SMILES string of the molecule is CCCC(ON)N1CCNCC1. The van der Waals surface area contributed by atoms with Crippen LogP contribution in [0.25, 0.3) is 0 Å². The molecule has 1 aliphatic rings. The highest BCUT2D eigenvalue weighted by molar-refractivity contribution is 4.70. The van der Waals surface area contributed by atoms with Crippen LogP contribution in [0.2, 0.25) is 0 Å². The van der Waals surface area contributed by atoms with Gasteiger partial charge in [0, 0.05) is 26.2 Å². The maximum Gasteiger partial charge on any atom is 0.131 e. The molecular weight excluding hydrogens is 154 g/mol. The molecule has 0 spiro atoms. The summed E-state index contributed by atoms with van der Waals surface area (Å²) < 4.78 is 0. The first-order valence-corrected chi connectivity index (χ1v) is 4.68. The summed E-state index contributed by atoms with van der Waals surface area (Å²) in [4.78, 5) is 7.22. The molecule has 4 heteroatoms. The van der Waals surface area contributed by atoms with E-state index in [1.54, 1.807) is 0 Å². The summed E-state index contributed by atoms with van der Waals surface area (Å²) in [5, 5.41) is 3.30. The van der Waals surface area contributed by atoms with Gasteiger partial charge in [-0.05, 0) is 6.42 Å². The molecule has 0 aromatic carbocycles. The minimum atomic E-state index is 0.122. The molecule has 0 amide bonds. The van der Waals surface area contributed by atoms with Crippen LogP contribution in [-0.4, -0.2) is 37.3 Å². The van der Waals surface area contributed by atoms with E-state index in [2.05, 4.69) is 17.1 Å². The molecule has 1 rings (SSSR count). The molecule has 1 saturated heterocycles. The zero-order chi connectivity index (χ0) is 8.81. The number of rotatable bonds is 4. The van der Waals surface area contributed by atoms with E-state index in [1.165, 1.54) is 0 Å². The molecule has 72 valence electrons. The smallest absolute Gasteiger partial charge is 0.131 e. The maximum atomic E-state index is 5.23. The van der Waals surface area contributed by atoms with E-state index in [0.717, 1.165) is 39.0 Å². The highest BCUT2D eigenvalue weighted by Crippen LogP contribution is 2.07. The first-order valence-electron chi connectivity index (χ1n) is 4.68. The predicted molar refractivity (Wildman–Crippen MR) is 48.4 cm³/mol. The highest BCUT2D eigenvalue weighted by Gasteiger charge is 2.19. The van der Waals surface area contributed by atoms with Crippen molar-refractivity contribution in [2.75, 3.05) is 26.2 Å². The van der Waals surface area contributed by atoms with Gasteiger partial charge < -0.3 is 5.32 Å². The van der Waals surface area contributed by atoms with Crippen LogP contribution < -0.4 is 11.2 Å². The number of nitrogens with zero attached hydrogens (tertiary/aromatic N) is 1. The van der Waals surface area contributed by atoms with Crippen LogP contribution in [-0.2, 0) is 4.84 Å². The van der Waals surface area contributed by atoms with Gasteiger partial charge >= 0.3 is 0 Å². The van der Waals surface area contributed by atoms with Gasteiger partial charge in [-0.1, -0.05) is 13.3 Å². The van der Waals surface area contributed by atoms with E-state index in [-0.39, 0.29) is 6.23 Å². The summed E-state index contributed by atoms with van der Waals surface area (Å²) in [7, 11) is 0. The van der Waals surface area contributed by atoms with Crippen molar-refractivity contribution in [3.05, 3.63) is 0 Å². The molecule has 3 N–H and O–H groups in total. The van der Waals surface area contributed by atoms with Gasteiger partial charge in [-0.2, -0.15) is 0 Å². The second kappa shape index (κ2) is 5.48. The molecule has 4 nitrogen and oxygen atoms in total. The monoisotopic (exact) mass is 173 g/mol. The first kappa shape index (κ1) is 9.92. The quantitative estimate of drug-likeness (QED) is 0.583. The molecule has 0 aliphatic carbocycles. The average Bonchev–Trinajstić information content (AvgIpc) is 2.15. The Balaban J connectivity index is 2.29. The standard InChI is InChI=1S/C8H19N3O/c1-2-3-8(12-9)11-6-4-10-5-7-11/h8,10H,2-7,9H2,1H3. The summed E-state index contributed by atoms with van der Waals surface area (Å²) in [5.74, 6) is 5.23. The van der Waals surface area contributed by atoms with E-state index in [9.17, 15) is 0 Å². The number of nitrogens with two attached hydrogens (primary N) is 1. The fourth-order valence-corrected chi connectivity index (χ4v) is 1.55. The van der Waals surface area contributed by atoms with Crippen molar-refractivity contribution in [3.63, 3.8) is 0 Å². The lowest BCUT2D eigenvalue weighted by Gasteiger charge is -2.33. The Morgan fingerprint density at radius 2 is 2.17 bits per heavy atom. The summed E-state index contributed by atoms with van der Waals surface area (Å²) >= 11 is 0. The van der Waals surface area contributed by atoms with Crippen LogP contribution >= 0.6 is 0 Å². The van der Waals surface area contributed by atoms with Gasteiger partial charge in [-0.3, -0.25) is 9.74 Å². The van der Waals surface area contributed by atoms with Crippen LogP contribution in [0.4, 0.5) is 0 Å². The van der Waals surface area contributed by atoms with Crippen molar-refractivity contribution in [1.29, 1.82) is 0 Å². The van der Waals surface area contributed by atoms with Gasteiger partial charge in [0.25, 0.3) is 0 Å². The van der Waals surface area contributed by atoms with Gasteiger partial charge in [0.15, 0.2) is 0 Å². The molecule has 1 fully saturated rings. The molecule has 12 heavy (non-hydrogen) atoms. The molecule has 0 aromatic rings. The van der Waals surface area contributed by atoms with Crippen molar-refractivity contribution in [2.24, 2.45) is 5.90 Å². The zero-order valence-electron chi connectivity index (χ0n) is 7.75. The third-order valence-electron chi connectivity index (χ3n) is 2.25. The number of piperazine rings is 1. The predicted octanol–water partition coefficient (Wildman–Crippen LogP) is -0.0919. The Morgan fingerprint density at radius 3 is 2.67 bits per heavy atom. The summed E-state index contributed by atoms with van der Waals surface area (Å²) in [6, 6.07) is 0. The summed E-state index contributed by atoms with van der Waals surface area (Å²) in [5.41, 5.74) is 0. The van der Waals surface area contributed by atoms with Crippen LogP contribution in [0, 0.1) is 0 Å². The minimum Gasteiger partial charge on any atom is -0.314 e. The van der Waals surface area contributed by atoms with Crippen LogP contribution in [0.15, 0.2) is 0 Å². The van der Waals surface area contributed by atoms with Crippen LogP contribution in [0.1, 0.15) is 19.8 Å². The largest absolute Gasteiger partial charge is 0.314 e. The second-order valence-electron chi connectivity index (χ2n) is 3.17. The maximum absolute atomic E-state index is 5.23. The van der Waals surface area contributed by atoms with Crippen molar-refractivity contribution in [2.45, 2.75) is 26.0 Å². The molecule has 0 bridgehead atoms. The number of hydrogen-bond donors (Lipinski definition) is 2. The summed E-state index contributed by atoms with van der Waals surface area (Å²) in [6.45, 7) is 6.32. The fourth-order valence-electron chi connectivity index (χ4n) is 1.55. The Bertz CT molecular complexity index is 112. The molecular formula is C8H19N3O. The molecule has 1 heterocycles. The van der Waals surface area contributed by atoms with E-state index >= 15 is 0 Å². The fraction of sp³-hybridized carbons (Fsp3) is 1.00. The second-order valence-corrected chi connectivity index (χ2v) is 3.17. The van der Waals surface area contributed by atoms with E-state index in [1.807, 2.05) is 0 Å². The lowest BCUT2D eigenvalue weighted by molar-refractivity contribution is -0.0708. The third-order valence-corrected chi connectivity index (χ3v) is 2.25. The van der Waals surface area contributed by atoms with E-state index in [4.69, 9.17) is 10.7 Å². The molecule has 0 aromatic heterocycles. The molecule has 1 aliphatic heterocycles. The normalized spacial score (nSPS) is 22.5. The molecule has 0 saturated carbocycles. The van der Waals surface area contributed by atoms with E-state index in [0.29, 0.717) is 0 Å². The number of hydrogen-bond acceptors (Lipinski definition) is 4. The molecule has 1 atom stereocenters. The highest BCUT2D eigenvalue weighted by atomic mass is 16.6. The van der Waals surface area contributed by atoms with E-state index < -0.39 is 0 Å². The van der Waals surface area contributed by atoms with Gasteiger partial charge in [0.1, 0.15) is 6.23 Å². The molecule has 1 unspecified atom stereocenters. The van der Waals surface area contributed by atoms with Crippen molar-refractivity contribution in [3.8, 4) is 0 Å². The van der Waals surface area contributed by atoms with Crippen molar-refractivity contribution < 1.29 is 4.84 Å². The van der Waals surface area contributed by atoms with Gasteiger partial charge in [0.2, 0.25) is 0 Å². The number of nitrogens with one attached hydrogen (secondary N) is 1. The average molecular weight is 173 g/mol. The Kier molecular flexibility index (Phi) is 4.53. The Morgan fingerprint density at radius 1 is 1.50 bits per heavy atom. The lowest BCUT2D eigenvalue weighted by Crippen LogP contribution is -2.50. The van der Waals surface area contributed by atoms with Crippen LogP contribution in [0.5, 0.6) is 0 Å². The Hall–Kier alpha value is -0.160. The van der Waals surface area contributed by atoms with Crippen LogP contribution in [0.3, 0.4) is 0 Å². The van der Waals surface area contributed by atoms with Crippen molar-refractivity contribution >= 4 is 0 Å².